The number of ether oxygens (including phenoxy) is 2. The number of hydrogen-bond acceptors (Lipinski definition) is 5. The van der Waals surface area contributed by atoms with E-state index in [-0.39, 0.29) is 23.9 Å². The highest BCUT2D eigenvalue weighted by Gasteiger charge is 2.34. The molecule has 8 nitrogen and oxygen atoms in total. The van der Waals surface area contributed by atoms with E-state index in [1.807, 2.05) is 20.8 Å². The second kappa shape index (κ2) is 9.34. The Bertz CT molecular complexity index is 567. The van der Waals surface area contributed by atoms with Gasteiger partial charge in [-0.3, -0.25) is 4.99 Å². The van der Waals surface area contributed by atoms with Crippen LogP contribution in [0.5, 0.6) is 0 Å². The molecule has 0 aliphatic carbocycles. The van der Waals surface area contributed by atoms with E-state index in [0.717, 1.165) is 32.3 Å². The zero-order valence-electron chi connectivity index (χ0n) is 16.5. The van der Waals surface area contributed by atoms with Crippen LogP contribution in [0.15, 0.2) is 4.99 Å². The summed E-state index contributed by atoms with van der Waals surface area (Å²) in [4.78, 5) is 6.89. The third-order valence-corrected chi connectivity index (χ3v) is 6.41. The molecule has 0 amide bonds. The quantitative estimate of drug-likeness (QED) is 0.476. The zero-order chi connectivity index (χ0) is 19.2. The first-order valence-corrected chi connectivity index (χ1v) is 11.1. The fourth-order valence-electron chi connectivity index (χ4n) is 2.93. The van der Waals surface area contributed by atoms with Crippen LogP contribution in [0.2, 0.25) is 0 Å². The number of guanidine groups is 1. The van der Waals surface area contributed by atoms with Crippen LogP contribution >= 0.6 is 0 Å². The molecule has 26 heavy (non-hydrogen) atoms. The van der Waals surface area contributed by atoms with E-state index in [9.17, 15) is 8.42 Å². The fourth-order valence-corrected chi connectivity index (χ4v) is 4.21. The first-order valence-electron chi connectivity index (χ1n) is 9.46. The monoisotopic (exact) mass is 390 g/mol. The fraction of sp³-hybridized carbons (Fsp3) is 0.941. The van der Waals surface area contributed by atoms with Gasteiger partial charge in [-0.25, -0.2) is 8.42 Å². The molecule has 1 N–H and O–H groups in total. The van der Waals surface area contributed by atoms with Crippen molar-refractivity contribution in [2.75, 3.05) is 64.8 Å². The van der Waals surface area contributed by atoms with Crippen molar-refractivity contribution >= 4 is 16.0 Å². The first kappa shape index (κ1) is 21.4. The smallest absolute Gasteiger partial charge is 0.216 e. The largest absolute Gasteiger partial charge is 0.380 e. The van der Waals surface area contributed by atoms with Crippen LogP contribution in [0, 0.1) is 5.41 Å². The highest BCUT2D eigenvalue weighted by atomic mass is 32.2. The van der Waals surface area contributed by atoms with Crippen LogP contribution in [0.25, 0.3) is 0 Å². The van der Waals surface area contributed by atoms with Crippen LogP contribution in [0.4, 0.5) is 0 Å². The summed E-state index contributed by atoms with van der Waals surface area (Å²) in [5.74, 6) is 0.901. The lowest BCUT2D eigenvalue weighted by Gasteiger charge is -2.38. The van der Waals surface area contributed by atoms with Crippen molar-refractivity contribution in [3.8, 4) is 0 Å². The normalized spacial score (nSPS) is 21.7. The maximum Gasteiger partial charge on any atom is 0.216 e. The van der Waals surface area contributed by atoms with Crippen molar-refractivity contribution in [3.63, 3.8) is 0 Å². The molecule has 2 aliphatic rings. The van der Waals surface area contributed by atoms with E-state index in [0.29, 0.717) is 26.2 Å². The van der Waals surface area contributed by atoms with Gasteiger partial charge in [-0.15, -0.1) is 0 Å². The Morgan fingerprint density at radius 3 is 2.42 bits per heavy atom. The molecule has 0 radical (unpaired) electrons. The minimum Gasteiger partial charge on any atom is -0.380 e. The van der Waals surface area contributed by atoms with Gasteiger partial charge in [0, 0.05) is 38.1 Å². The number of nitrogens with one attached hydrogen (secondary N) is 1. The van der Waals surface area contributed by atoms with Crippen molar-refractivity contribution in [1.29, 1.82) is 0 Å². The number of nitrogens with zero attached hydrogens (tertiary/aromatic N) is 3. The number of rotatable bonds is 8. The van der Waals surface area contributed by atoms with Crippen molar-refractivity contribution in [3.05, 3.63) is 0 Å². The Balaban J connectivity index is 1.87. The van der Waals surface area contributed by atoms with Gasteiger partial charge in [0.2, 0.25) is 10.0 Å². The van der Waals surface area contributed by atoms with Crippen LogP contribution in [-0.4, -0.2) is 94.5 Å². The van der Waals surface area contributed by atoms with E-state index in [4.69, 9.17) is 14.5 Å². The highest BCUT2D eigenvalue weighted by Crippen LogP contribution is 2.26. The average molecular weight is 391 g/mol. The van der Waals surface area contributed by atoms with Gasteiger partial charge in [-0.05, 0) is 20.8 Å². The van der Waals surface area contributed by atoms with Gasteiger partial charge in [-0.2, -0.15) is 4.31 Å². The predicted octanol–water partition coefficient (Wildman–Crippen LogP) is 0.361. The summed E-state index contributed by atoms with van der Waals surface area (Å²) in [7, 11) is -3.27. The maximum absolute atomic E-state index is 12.4. The van der Waals surface area contributed by atoms with Gasteiger partial charge in [0.1, 0.15) is 0 Å². The van der Waals surface area contributed by atoms with Crippen molar-refractivity contribution in [1.82, 2.24) is 14.5 Å². The molecular weight excluding hydrogens is 356 g/mol. The summed E-state index contributed by atoms with van der Waals surface area (Å²) >= 11 is 0. The number of aliphatic imine (C=N–C) groups is 1. The zero-order valence-corrected chi connectivity index (χ0v) is 17.3. The summed E-state index contributed by atoms with van der Waals surface area (Å²) < 4.78 is 37.1. The second-order valence-electron chi connectivity index (χ2n) is 7.60. The molecule has 0 aromatic rings. The lowest BCUT2D eigenvalue weighted by Crippen LogP contribution is -2.54. The summed E-state index contributed by atoms with van der Waals surface area (Å²) in [6.07, 6.45) is 0.0452. The SMILES string of the molecule is CCNC(=NCC1(C)COC1)N1CCN(S(=O)(=O)CCOC(C)C)CC1. The maximum atomic E-state index is 12.4. The molecule has 0 unspecified atom stereocenters. The number of sulfonamides is 1. The van der Waals surface area contributed by atoms with Gasteiger partial charge >= 0.3 is 0 Å². The number of piperazine rings is 1. The Morgan fingerprint density at radius 1 is 1.27 bits per heavy atom. The van der Waals surface area contributed by atoms with Crippen LogP contribution < -0.4 is 5.32 Å². The lowest BCUT2D eigenvalue weighted by molar-refractivity contribution is -0.0946. The Morgan fingerprint density at radius 2 is 1.92 bits per heavy atom. The highest BCUT2D eigenvalue weighted by molar-refractivity contribution is 7.89. The first-order chi connectivity index (χ1) is 12.3. The van der Waals surface area contributed by atoms with E-state index in [1.165, 1.54) is 0 Å². The third-order valence-electron chi connectivity index (χ3n) is 4.57. The minimum atomic E-state index is -3.27. The summed E-state index contributed by atoms with van der Waals surface area (Å²) in [5.41, 5.74) is 0.127. The molecule has 0 atom stereocenters. The Labute approximate surface area is 158 Å². The summed E-state index contributed by atoms with van der Waals surface area (Å²) in [6, 6.07) is 0. The molecule has 2 fully saturated rings. The average Bonchev–Trinajstić information content (AvgIpc) is 2.56. The van der Waals surface area contributed by atoms with Crippen molar-refractivity contribution in [2.45, 2.75) is 33.8 Å². The molecule has 0 spiro atoms. The molecular formula is C17H34N4O4S. The van der Waals surface area contributed by atoms with E-state index in [1.54, 1.807) is 4.31 Å². The molecule has 0 bridgehead atoms. The molecule has 9 heteroatoms. The molecule has 2 aliphatic heterocycles. The van der Waals surface area contributed by atoms with Gasteiger partial charge < -0.3 is 19.7 Å². The topological polar surface area (TPSA) is 83.5 Å². The Kier molecular flexibility index (Phi) is 7.69. The summed E-state index contributed by atoms with van der Waals surface area (Å²) in [5, 5.41) is 3.32. The Hall–Kier alpha value is -0.900. The molecule has 2 saturated heterocycles. The van der Waals surface area contributed by atoms with E-state index in [2.05, 4.69) is 17.1 Å². The minimum absolute atomic E-state index is 0.0394. The molecule has 0 aromatic heterocycles. The van der Waals surface area contributed by atoms with Crippen LogP contribution in [0.3, 0.4) is 0 Å². The summed E-state index contributed by atoms with van der Waals surface area (Å²) in [6.45, 7) is 13.5. The van der Waals surface area contributed by atoms with Gasteiger partial charge in [0.25, 0.3) is 0 Å². The van der Waals surface area contributed by atoms with Crippen molar-refractivity contribution < 1.29 is 17.9 Å². The van der Waals surface area contributed by atoms with Gasteiger partial charge in [0.05, 0.1) is 38.2 Å². The van der Waals surface area contributed by atoms with Gasteiger partial charge in [-0.1, -0.05) is 6.92 Å². The molecule has 0 saturated carbocycles. The van der Waals surface area contributed by atoms with Crippen LogP contribution in [0.1, 0.15) is 27.7 Å². The lowest BCUT2D eigenvalue weighted by atomic mass is 9.89. The predicted molar refractivity (Wildman–Crippen MR) is 103 cm³/mol. The molecule has 2 rings (SSSR count). The second-order valence-corrected chi connectivity index (χ2v) is 9.68. The van der Waals surface area contributed by atoms with Crippen molar-refractivity contribution in [2.24, 2.45) is 10.4 Å². The molecule has 152 valence electrons. The molecule has 0 aromatic carbocycles. The van der Waals surface area contributed by atoms with E-state index < -0.39 is 10.0 Å². The van der Waals surface area contributed by atoms with E-state index >= 15 is 0 Å². The molecule has 2 heterocycles. The van der Waals surface area contributed by atoms with Crippen LogP contribution in [-0.2, 0) is 19.5 Å². The van der Waals surface area contributed by atoms with Gasteiger partial charge in [0.15, 0.2) is 5.96 Å². The standard InChI is InChI=1S/C17H34N4O4S/c1-5-18-16(19-12-17(4)13-24-14-17)20-6-8-21(9-7-20)26(22,23)11-10-25-15(2)3/h15H,5-14H2,1-4H3,(H,18,19). The third kappa shape index (κ3) is 6.07. The number of hydrogen-bond donors (Lipinski definition) is 1.